The Morgan fingerprint density at radius 3 is 2.77 bits per heavy atom. The predicted molar refractivity (Wildman–Crippen MR) is 49.2 cm³/mol. The molecule has 1 aromatic carbocycles. The molecule has 0 radical (unpaired) electrons. The van der Waals surface area contributed by atoms with E-state index in [-0.39, 0.29) is 11.3 Å². The van der Waals surface area contributed by atoms with E-state index in [1.54, 1.807) is 0 Å². The molecule has 0 aliphatic rings. The molecule has 0 aliphatic heterocycles. The summed E-state index contributed by atoms with van der Waals surface area (Å²) in [6.07, 6.45) is 0. The van der Waals surface area contributed by atoms with Crippen LogP contribution in [0.3, 0.4) is 0 Å². The number of hydrogen-bond acceptors (Lipinski definition) is 3. The Morgan fingerprint density at radius 2 is 2.23 bits per heavy atom. The molecule has 0 saturated heterocycles. The summed E-state index contributed by atoms with van der Waals surface area (Å²) < 4.78 is 0. The molecule has 4 nitrogen and oxygen atoms in total. The lowest BCUT2D eigenvalue weighted by Crippen LogP contribution is -2.00. The van der Waals surface area contributed by atoms with Gasteiger partial charge >= 0.3 is 5.97 Å². The van der Waals surface area contributed by atoms with Crippen LogP contribution in [0.25, 0.3) is 0 Å². The molecule has 0 spiro atoms. The van der Waals surface area contributed by atoms with E-state index in [2.05, 4.69) is 5.32 Å². The first-order chi connectivity index (χ1) is 6.15. The van der Waals surface area contributed by atoms with Crippen molar-refractivity contribution in [2.24, 2.45) is 0 Å². The van der Waals surface area contributed by atoms with Crippen LogP contribution in [0.5, 0.6) is 5.75 Å². The summed E-state index contributed by atoms with van der Waals surface area (Å²) in [4.78, 5) is 10.6. The fourth-order valence-corrected chi connectivity index (χ4v) is 1.00. The zero-order valence-electron chi connectivity index (χ0n) is 7.24. The number of hydrogen-bond donors (Lipinski definition) is 3. The zero-order chi connectivity index (χ0) is 9.84. The van der Waals surface area contributed by atoms with Gasteiger partial charge in [-0.2, -0.15) is 0 Å². The Kier molecular flexibility index (Phi) is 2.74. The Labute approximate surface area is 75.8 Å². The van der Waals surface area contributed by atoms with Crippen molar-refractivity contribution in [3.05, 3.63) is 23.8 Å². The van der Waals surface area contributed by atoms with E-state index in [1.165, 1.54) is 18.2 Å². The van der Waals surface area contributed by atoms with Gasteiger partial charge in [-0.3, -0.25) is 0 Å². The van der Waals surface area contributed by atoms with Gasteiger partial charge in [-0.15, -0.1) is 0 Å². The molecule has 0 unspecified atom stereocenters. The molecule has 0 fully saturated rings. The zero-order valence-corrected chi connectivity index (χ0v) is 7.24. The van der Waals surface area contributed by atoms with E-state index in [0.717, 1.165) is 0 Å². The first kappa shape index (κ1) is 9.38. The molecule has 0 aliphatic carbocycles. The summed E-state index contributed by atoms with van der Waals surface area (Å²) in [5.41, 5.74) is 0.608. The number of anilines is 1. The van der Waals surface area contributed by atoms with Crippen molar-refractivity contribution in [2.45, 2.75) is 6.92 Å². The third-order valence-electron chi connectivity index (χ3n) is 1.61. The summed E-state index contributed by atoms with van der Waals surface area (Å²) >= 11 is 0. The molecule has 0 atom stereocenters. The molecule has 0 amide bonds. The first-order valence-electron chi connectivity index (χ1n) is 3.95. The van der Waals surface area contributed by atoms with E-state index >= 15 is 0 Å². The minimum Gasteiger partial charge on any atom is -0.506 e. The molecule has 4 heteroatoms. The molecular weight excluding hydrogens is 170 g/mol. The van der Waals surface area contributed by atoms with Crippen LogP contribution < -0.4 is 5.32 Å². The van der Waals surface area contributed by atoms with E-state index in [1.807, 2.05) is 6.92 Å². The maximum Gasteiger partial charge on any atom is 0.335 e. The SMILES string of the molecule is CCNc1cc(C(=O)O)ccc1O. The monoisotopic (exact) mass is 181 g/mol. The highest BCUT2D eigenvalue weighted by atomic mass is 16.4. The van der Waals surface area contributed by atoms with Crippen molar-refractivity contribution in [1.82, 2.24) is 0 Å². The molecule has 1 rings (SSSR count). The van der Waals surface area contributed by atoms with Crippen LogP contribution in [0, 0.1) is 0 Å². The minimum atomic E-state index is -1.00. The molecule has 70 valence electrons. The second kappa shape index (κ2) is 3.80. The predicted octanol–water partition coefficient (Wildman–Crippen LogP) is 1.52. The van der Waals surface area contributed by atoms with Crippen LogP contribution in [0.15, 0.2) is 18.2 Å². The third-order valence-corrected chi connectivity index (χ3v) is 1.61. The number of phenolic OH excluding ortho intramolecular Hbond substituents is 1. The number of rotatable bonds is 3. The van der Waals surface area contributed by atoms with Crippen molar-refractivity contribution >= 4 is 11.7 Å². The third kappa shape index (κ3) is 2.11. The lowest BCUT2D eigenvalue weighted by molar-refractivity contribution is 0.0697. The molecule has 3 N–H and O–H groups in total. The fraction of sp³-hybridized carbons (Fsp3) is 0.222. The first-order valence-corrected chi connectivity index (χ1v) is 3.95. The standard InChI is InChI=1S/C9H11NO3/c1-2-10-7-5-6(9(12)13)3-4-8(7)11/h3-5,10-11H,2H2,1H3,(H,12,13). The maximum absolute atomic E-state index is 10.6. The largest absolute Gasteiger partial charge is 0.506 e. The van der Waals surface area contributed by atoms with Crippen LogP contribution in [0.1, 0.15) is 17.3 Å². The van der Waals surface area contributed by atoms with Gasteiger partial charge in [0.1, 0.15) is 5.75 Å². The van der Waals surface area contributed by atoms with Gasteiger partial charge in [-0.05, 0) is 25.1 Å². The van der Waals surface area contributed by atoms with Crippen molar-refractivity contribution in [1.29, 1.82) is 0 Å². The number of nitrogens with one attached hydrogen (secondary N) is 1. The van der Waals surface area contributed by atoms with E-state index in [9.17, 15) is 9.90 Å². The summed E-state index contributed by atoms with van der Waals surface area (Å²) in [6, 6.07) is 4.13. The molecular formula is C9H11NO3. The quantitative estimate of drug-likeness (QED) is 0.618. The molecule has 0 heterocycles. The summed E-state index contributed by atoms with van der Waals surface area (Å²) in [7, 11) is 0. The normalized spacial score (nSPS) is 9.62. The topological polar surface area (TPSA) is 69.6 Å². The van der Waals surface area contributed by atoms with Gasteiger partial charge in [0.25, 0.3) is 0 Å². The highest BCUT2D eigenvalue weighted by Crippen LogP contribution is 2.23. The van der Waals surface area contributed by atoms with Crippen LogP contribution >= 0.6 is 0 Å². The van der Waals surface area contributed by atoms with Gasteiger partial charge < -0.3 is 15.5 Å². The number of aromatic hydroxyl groups is 1. The van der Waals surface area contributed by atoms with Gasteiger partial charge in [-0.25, -0.2) is 4.79 Å². The van der Waals surface area contributed by atoms with Crippen LogP contribution in [-0.4, -0.2) is 22.7 Å². The van der Waals surface area contributed by atoms with Crippen LogP contribution in [-0.2, 0) is 0 Å². The van der Waals surface area contributed by atoms with Gasteiger partial charge in [0.05, 0.1) is 11.3 Å². The number of phenols is 1. The van der Waals surface area contributed by atoms with Gasteiger partial charge in [0, 0.05) is 6.54 Å². The smallest absolute Gasteiger partial charge is 0.335 e. The van der Waals surface area contributed by atoms with Crippen LogP contribution in [0.2, 0.25) is 0 Å². The summed E-state index contributed by atoms with van der Waals surface area (Å²) in [5.74, 6) is -0.939. The Morgan fingerprint density at radius 1 is 1.54 bits per heavy atom. The maximum atomic E-state index is 10.6. The van der Waals surface area contributed by atoms with Crippen molar-refractivity contribution in [3.63, 3.8) is 0 Å². The number of aromatic carboxylic acids is 1. The van der Waals surface area contributed by atoms with Crippen LogP contribution in [0.4, 0.5) is 5.69 Å². The number of carboxylic acids is 1. The second-order valence-corrected chi connectivity index (χ2v) is 2.57. The summed E-state index contributed by atoms with van der Waals surface area (Å²) in [6.45, 7) is 2.50. The van der Waals surface area contributed by atoms with Gasteiger partial charge in [-0.1, -0.05) is 0 Å². The van der Waals surface area contributed by atoms with E-state index in [0.29, 0.717) is 12.2 Å². The van der Waals surface area contributed by atoms with Crippen molar-refractivity contribution in [3.8, 4) is 5.75 Å². The average Bonchev–Trinajstić information content (AvgIpc) is 2.08. The molecule has 0 saturated carbocycles. The average molecular weight is 181 g/mol. The van der Waals surface area contributed by atoms with Crippen molar-refractivity contribution in [2.75, 3.05) is 11.9 Å². The highest BCUT2D eigenvalue weighted by Gasteiger charge is 2.06. The number of benzene rings is 1. The van der Waals surface area contributed by atoms with E-state index in [4.69, 9.17) is 5.11 Å². The molecule has 1 aromatic rings. The lowest BCUT2D eigenvalue weighted by Gasteiger charge is -2.06. The Bertz CT molecular complexity index is 323. The van der Waals surface area contributed by atoms with Gasteiger partial charge in [0.15, 0.2) is 0 Å². The van der Waals surface area contributed by atoms with Crippen molar-refractivity contribution < 1.29 is 15.0 Å². The number of carbonyl (C=O) groups is 1. The molecule has 13 heavy (non-hydrogen) atoms. The lowest BCUT2D eigenvalue weighted by atomic mass is 10.2. The fourth-order valence-electron chi connectivity index (χ4n) is 1.00. The minimum absolute atomic E-state index is 0.0619. The Balaban J connectivity index is 3.03. The molecule has 0 bridgehead atoms. The Hall–Kier alpha value is -1.71. The van der Waals surface area contributed by atoms with E-state index < -0.39 is 5.97 Å². The second-order valence-electron chi connectivity index (χ2n) is 2.57. The summed E-state index contributed by atoms with van der Waals surface area (Å²) in [5, 5.41) is 20.8. The highest BCUT2D eigenvalue weighted by molar-refractivity contribution is 5.89. The molecule has 0 aromatic heterocycles. The number of carboxylic acid groups (broad SMARTS) is 1. The van der Waals surface area contributed by atoms with Gasteiger partial charge in [0.2, 0.25) is 0 Å².